The van der Waals surface area contributed by atoms with E-state index in [-0.39, 0.29) is 0 Å². The summed E-state index contributed by atoms with van der Waals surface area (Å²) in [5.41, 5.74) is 3.14. The first-order valence-electron chi connectivity index (χ1n) is 3.50. The number of pyridine rings is 1. The van der Waals surface area contributed by atoms with E-state index in [2.05, 4.69) is 9.97 Å². The topological polar surface area (TPSA) is 30.7 Å². The van der Waals surface area contributed by atoms with Crippen molar-refractivity contribution in [2.75, 3.05) is 0 Å². The minimum absolute atomic E-state index is 0.965. The number of fused-ring (bicyclic) bond motifs is 1. The standard InChI is InChI=1S/C8H9N3/c1-6-3-11(2)4-7-8(6)10-5-9-7/h3-5H,1-2H3. The van der Waals surface area contributed by atoms with Crippen molar-refractivity contribution < 1.29 is 0 Å². The summed E-state index contributed by atoms with van der Waals surface area (Å²) in [6, 6.07) is 0. The van der Waals surface area contributed by atoms with Gasteiger partial charge in [-0.1, -0.05) is 0 Å². The molecule has 3 nitrogen and oxygen atoms in total. The van der Waals surface area contributed by atoms with Crippen molar-refractivity contribution in [3.63, 3.8) is 0 Å². The second-order valence-corrected chi connectivity index (χ2v) is 2.71. The second-order valence-electron chi connectivity index (χ2n) is 2.71. The first-order chi connectivity index (χ1) is 5.27. The van der Waals surface area contributed by atoms with Crippen LogP contribution in [0.2, 0.25) is 0 Å². The number of imidazole rings is 1. The summed E-state index contributed by atoms with van der Waals surface area (Å²) in [7, 11) is 1.99. The Morgan fingerprint density at radius 3 is 2.91 bits per heavy atom. The van der Waals surface area contributed by atoms with Crippen molar-refractivity contribution in [2.24, 2.45) is 7.05 Å². The molecule has 2 heterocycles. The van der Waals surface area contributed by atoms with Crippen molar-refractivity contribution in [1.82, 2.24) is 14.5 Å². The highest BCUT2D eigenvalue weighted by Gasteiger charge is 2.07. The van der Waals surface area contributed by atoms with E-state index in [9.17, 15) is 0 Å². The van der Waals surface area contributed by atoms with Gasteiger partial charge in [0.15, 0.2) is 0 Å². The molecular weight excluding hydrogens is 138 g/mol. The zero-order chi connectivity index (χ0) is 7.84. The molecule has 2 rings (SSSR count). The van der Waals surface area contributed by atoms with Crippen molar-refractivity contribution in [2.45, 2.75) is 6.92 Å². The molecular formula is C8H9N3. The maximum absolute atomic E-state index is 4.13. The van der Waals surface area contributed by atoms with Gasteiger partial charge in [-0.05, 0) is 12.5 Å². The fraction of sp³-hybridized carbons (Fsp3) is 0.250. The molecule has 2 aliphatic heterocycles. The van der Waals surface area contributed by atoms with Gasteiger partial charge < -0.3 is 4.57 Å². The number of aromatic nitrogens is 3. The van der Waals surface area contributed by atoms with Crippen LogP contribution in [0.3, 0.4) is 0 Å². The summed E-state index contributed by atoms with van der Waals surface area (Å²) >= 11 is 0. The number of hydrogen-bond donors (Lipinski definition) is 0. The van der Waals surface area contributed by atoms with Gasteiger partial charge in [0.25, 0.3) is 0 Å². The van der Waals surface area contributed by atoms with Crippen LogP contribution in [-0.2, 0) is 7.05 Å². The molecule has 0 fully saturated rings. The fourth-order valence-corrected chi connectivity index (χ4v) is 1.27. The largest absolute Gasteiger partial charge is 0.355 e. The van der Waals surface area contributed by atoms with E-state index in [1.165, 1.54) is 5.56 Å². The van der Waals surface area contributed by atoms with Gasteiger partial charge in [-0.25, -0.2) is 9.97 Å². The minimum Gasteiger partial charge on any atom is -0.355 e. The van der Waals surface area contributed by atoms with Crippen molar-refractivity contribution in [3.8, 4) is 11.4 Å². The van der Waals surface area contributed by atoms with Crippen molar-refractivity contribution >= 4 is 0 Å². The first kappa shape index (κ1) is 6.34. The maximum Gasteiger partial charge on any atom is 0.116 e. The maximum atomic E-state index is 4.13. The average Bonchev–Trinajstić information content (AvgIpc) is 2.34. The molecule has 0 aliphatic carbocycles. The van der Waals surface area contributed by atoms with Gasteiger partial charge in [0.1, 0.15) is 12.0 Å². The van der Waals surface area contributed by atoms with E-state index in [1.807, 2.05) is 30.9 Å². The molecule has 0 spiro atoms. The van der Waals surface area contributed by atoms with Gasteiger partial charge in [-0.2, -0.15) is 0 Å². The molecule has 0 N–H and O–H groups in total. The van der Waals surface area contributed by atoms with Crippen molar-refractivity contribution in [1.29, 1.82) is 0 Å². The summed E-state index contributed by atoms with van der Waals surface area (Å²) in [4.78, 5) is 8.24. The molecule has 0 bridgehead atoms. The van der Waals surface area contributed by atoms with Crippen LogP contribution in [0, 0.1) is 6.92 Å². The summed E-state index contributed by atoms with van der Waals surface area (Å²) in [6.45, 7) is 2.04. The number of rotatable bonds is 0. The monoisotopic (exact) mass is 147 g/mol. The van der Waals surface area contributed by atoms with Gasteiger partial charge >= 0.3 is 0 Å². The highest BCUT2D eigenvalue weighted by molar-refractivity contribution is 5.58. The molecule has 11 heavy (non-hydrogen) atoms. The molecule has 0 radical (unpaired) electrons. The predicted octanol–water partition coefficient (Wildman–Crippen LogP) is 1.23. The molecule has 0 atom stereocenters. The molecule has 0 aromatic carbocycles. The number of nitrogens with zero attached hydrogens (tertiary/aromatic N) is 3. The second kappa shape index (κ2) is 2.05. The lowest BCUT2D eigenvalue weighted by atomic mass is 10.2. The Morgan fingerprint density at radius 1 is 1.27 bits per heavy atom. The smallest absolute Gasteiger partial charge is 0.116 e. The Hall–Kier alpha value is -1.38. The Bertz CT molecular complexity index is 351. The van der Waals surface area contributed by atoms with E-state index >= 15 is 0 Å². The Labute approximate surface area is 65.1 Å². The van der Waals surface area contributed by atoms with Gasteiger partial charge in [-0.3, -0.25) is 0 Å². The fourth-order valence-electron chi connectivity index (χ4n) is 1.27. The summed E-state index contributed by atoms with van der Waals surface area (Å²) < 4.78 is 1.99. The highest BCUT2D eigenvalue weighted by atomic mass is 15.0. The Kier molecular flexibility index (Phi) is 1.18. The summed E-state index contributed by atoms with van der Waals surface area (Å²) in [5.74, 6) is 0. The third kappa shape index (κ3) is 0.888. The van der Waals surface area contributed by atoms with Crippen LogP contribution in [-0.4, -0.2) is 14.5 Å². The molecule has 0 amide bonds. The van der Waals surface area contributed by atoms with Crippen LogP contribution >= 0.6 is 0 Å². The summed E-state index contributed by atoms with van der Waals surface area (Å²) in [6.07, 6.45) is 5.60. The Morgan fingerprint density at radius 2 is 2.09 bits per heavy atom. The predicted molar refractivity (Wildman–Crippen MR) is 42.4 cm³/mol. The quantitative estimate of drug-likeness (QED) is 0.561. The third-order valence-corrected chi connectivity index (χ3v) is 1.72. The van der Waals surface area contributed by atoms with Crippen LogP contribution in [0.15, 0.2) is 18.7 Å². The highest BCUT2D eigenvalue weighted by Crippen LogP contribution is 2.19. The van der Waals surface area contributed by atoms with Crippen LogP contribution in [0.25, 0.3) is 11.4 Å². The van der Waals surface area contributed by atoms with Gasteiger partial charge in [0.2, 0.25) is 0 Å². The average molecular weight is 147 g/mol. The van der Waals surface area contributed by atoms with Gasteiger partial charge in [0.05, 0.1) is 5.69 Å². The molecule has 0 saturated heterocycles. The molecule has 0 unspecified atom stereocenters. The zero-order valence-electron chi connectivity index (χ0n) is 6.57. The van der Waals surface area contributed by atoms with E-state index in [0.717, 1.165) is 11.4 Å². The lowest BCUT2D eigenvalue weighted by Gasteiger charge is -2.03. The molecule has 0 saturated carbocycles. The SMILES string of the molecule is Cc1cn(C)cc2ncnc1-2. The molecule has 0 aromatic heterocycles. The van der Waals surface area contributed by atoms with Crippen LogP contribution in [0.5, 0.6) is 0 Å². The Balaban J connectivity index is 2.79. The van der Waals surface area contributed by atoms with Crippen LogP contribution in [0.4, 0.5) is 0 Å². The molecule has 56 valence electrons. The number of hydrogen-bond acceptors (Lipinski definition) is 2. The normalized spacial score (nSPS) is 10.7. The third-order valence-electron chi connectivity index (χ3n) is 1.72. The van der Waals surface area contributed by atoms with Gasteiger partial charge in [0, 0.05) is 19.4 Å². The van der Waals surface area contributed by atoms with Crippen LogP contribution in [0.1, 0.15) is 5.56 Å². The molecule has 2 aliphatic rings. The van der Waals surface area contributed by atoms with E-state index in [1.54, 1.807) is 6.33 Å². The van der Waals surface area contributed by atoms with Gasteiger partial charge in [-0.15, -0.1) is 0 Å². The first-order valence-corrected chi connectivity index (χ1v) is 3.50. The lowest BCUT2D eigenvalue weighted by molar-refractivity contribution is 0.891. The molecule has 0 aromatic rings. The van der Waals surface area contributed by atoms with E-state index in [4.69, 9.17) is 0 Å². The zero-order valence-corrected chi connectivity index (χ0v) is 6.57. The van der Waals surface area contributed by atoms with E-state index < -0.39 is 0 Å². The molecule has 3 heteroatoms. The minimum atomic E-state index is 0.965. The summed E-state index contributed by atoms with van der Waals surface area (Å²) in [5, 5.41) is 0. The lowest BCUT2D eigenvalue weighted by Crippen LogP contribution is -1.94. The van der Waals surface area contributed by atoms with E-state index in [0.29, 0.717) is 0 Å². The number of aryl methyl sites for hydroxylation is 2. The van der Waals surface area contributed by atoms with Crippen LogP contribution < -0.4 is 0 Å². The van der Waals surface area contributed by atoms with Crippen molar-refractivity contribution in [3.05, 3.63) is 24.3 Å².